The zero-order valence-electron chi connectivity index (χ0n) is 11.1. The van der Waals surface area contributed by atoms with E-state index in [1.54, 1.807) is 0 Å². The summed E-state index contributed by atoms with van der Waals surface area (Å²) in [7, 11) is 0. The Labute approximate surface area is 107 Å². The van der Waals surface area contributed by atoms with Gasteiger partial charge in [0.05, 0.1) is 6.10 Å². The third kappa shape index (κ3) is 4.70. The maximum atomic E-state index is 13.4. The Kier molecular flexibility index (Phi) is 5.69. The molecule has 2 nitrogen and oxygen atoms in total. The van der Waals surface area contributed by atoms with Gasteiger partial charge < -0.3 is 10.4 Å². The predicted molar refractivity (Wildman–Crippen MR) is 68.2 cm³/mol. The number of rotatable bonds is 6. The average Bonchev–Trinajstić information content (AvgIpc) is 2.25. The molecule has 2 atom stereocenters. The fourth-order valence-electron chi connectivity index (χ4n) is 1.98. The molecule has 0 saturated carbocycles. The molecule has 0 aliphatic carbocycles. The van der Waals surface area contributed by atoms with E-state index in [1.165, 1.54) is 6.07 Å². The van der Waals surface area contributed by atoms with Gasteiger partial charge in [-0.15, -0.1) is 0 Å². The average molecular weight is 257 g/mol. The van der Waals surface area contributed by atoms with Gasteiger partial charge in [-0.25, -0.2) is 8.78 Å². The molecule has 0 saturated heterocycles. The van der Waals surface area contributed by atoms with Crippen molar-refractivity contribution in [1.82, 2.24) is 5.32 Å². The normalized spacial score (nSPS) is 14.8. The van der Waals surface area contributed by atoms with E-state index in [0.717, 1.165) is 18.6 Å². The van der Waals surface area contributed by atoms with Crippen molar-refractivity contribution in [1.29, 1.82) is 0 Å². The SMILES string of the molecule is CC(C)CC(C)NCC(O)c1ccc(F)cc1F. The summed E-state index contributed by atoms with van der Waals surface area (Å²) >= 11 is 0. The second-order valence-corrected chi connectivity index (χ2v) is 5.12. The van der Waals surface area contributed by atoms with Crippen LogP contribution in [0.25, 0.3) is 0 Å². The van der Waals surface area contributed by atoms with Gasteiger partial charge in [-0.1, -0.05) is 19.9 Å². The minimum atomic E-state index is -0.958. The third-order valence-electron chi connectivity index (χ3n) is 2.81. The minimum Gasteiger partial charge on any atom is -0.387 e. The van der Waals surface area contributed by atoms with Gasteiger partial charge >= 0.3 is 0 Å². The molecule has 0 bridgehead atoms. The fraction of sp³-hybridized carbons (Fsp3) is 0.571. The Balaban J connectivity index is 2.52. The minimum absolute atomic E-state index is 0.126. The Morgan fingerprint density at radius 2 is 1.89 bits per heavy atom. The van der Waals surface area contributed by atoms with E-state index in [1.807, 2.05) is 6.92 Å². The number of benzene rings is 1. The smallest absolute Gasteiger partial charge is 0.131 e. The van der Waals surface area contributed by atoms with Crippen LogP contribution in [0.1, 0.15) is 38.9 Å². The van der Waals surface area contributed by atoms with Gasteiger partial charge in [0.2, 0.25) is 0 Å². The lowest BCUT2D eigenvalue weighted by Gasteiger charge is -2.19. The molecule has 0 aliphatic rings. The second-order valence-electron chi connectivity index (χ2n) is 5.12. The Morgan fingerprint density at radius 3 is 2.44 bits per heavy atom. The number of halogens is 2. The molecular weight excluding hydrogens is 236 g/mol. The van der Waals surface area contributed by atoms with E-state index in [0.29, 0.717) is 5.92 Å². The van der Waals surface area contributed by atoms with Crippen molar-refractivity contribution < 1.29 is 13.9 Å². The highest BCUT2D eigenvalue weighted by Gasteiger charge is 2.14. The maximum Gasteiger partial charge on any atom is 0.131 e. The number of nitrogens with one attached hydrogen (secondary N) is 1. The largest absolute Gasteiger partial charge is 0.387 e. The van der Waals surface area contributed by atoms with Crippen molar-refractivity contribution in [3.05, 3.63) is 35.4 Å². The second kappa shape index (κ2) is 6.81. The summed E-state index contributed by atoms with van der Waals surface area (Å²) in [5, 5.41) is 13.0. The molecule has 0 fully saturated rings. The molecule has 0 aromatic heterocycles. The first-order valence-corrected chi connectivity index (χ1v) is 6.26. The first-order valence-electron chi connectivity index (χ1n) is 6.26. The zero-order valence-corrected chi connectivity index (χ0v) is 11.1. The first-order chi connectivity index (χ1) is 8.40. The van der Waals surface area contributed by atoms with Crippen LogP contribution in [0.4, 0.5) is 8.78 Å². The van der Waals surface area contributed by atoms with Crippen LogP contribution in [-0.4, -0.2) is 17.7 Å². The van der Waals surface area contributed by atoms with Crippen LogP contribution in [0.3, 0.4) is 0 Å². The van der Waals surface area contributed by atoms with Gasteiger partial charge in [0.15, 0.2) is 0 Å². The van der Waals surface area contributed by atoms with Crippen molar-refractivity contribution in [2.24, 2.45) is 5.92 Å². The highest BCUT2D eigenvalue weighted by molar-refractivity contribution is 5.21. The molecule has 0 heterocycles. The Hall–Kier alpha value is -1.00. The van der Waals surface area contributed by atoms with E-state index in [9.17, 15) is 13.9 Å². The quantitative estimate of drug-likeness (QED) is 0.821. The summed E-state index contributed by atoms with van der Waals surface area (Å²) in [6.45, 7) is 6.52. The molecule has 1 aromatic carbocycles. The van der Waals surface area contributed by atoms with Crippen LogP contribution in [0, 0.1) is 17.6 Å². The molecule has 2 N–H and O–H groups in total. The molecule has 0 amide bonds. The topological polar surface area (TPSA) is 32.3 Å². The lowest BCUT2D eigenvalue weighted by atomic mass is 10.0. The first kappa shape index (κ1) is 15.1. The zero-order chi connectivity index (χ0) is 13.7. The van der Waals surface area contributed by atoms with Gasteiger partial charge in [-0.2, -0.15) is 0 Å². The monoisotopic (exact) mass is 257 g/mol. The number of hydrogen-bond acceptors (Lipinski definition) is 2. The molecule has 0 aliphatic heterocycles. The molecule has 1 aromatic rings. The summed E-state index contributed by atoms with van der Waals surface area (Å²) < 4.78 is 26.1. The number of hydrogen-bond donors (Lipinski definition) is 2. The van der Waals surface area contributed by atoms with Crippen LogP contribution in [0.5, 0.6) is 0 Å². The molecule has 4 heteroatoms. The van der Waals surface area contributed by atoms with Crippen LogP contribution < -0.4 is 5.32 Å². The predicted octanol–water partition coefficient (Wildman–Crippen LogP) is 3.02. The maximum absolute atomic E-state index is 13.4. The van der Waals surface area contributed by atoms with Crippen molar-refractivity contribution in [2.75, 3.05) is 6.54 Å². The van der Waals surface area contributed by atoms with Gasteiger partial charge in [0, 0.05) is 24.2 Å². The van der Waals surface area contributed by atoms with Gasteiger partial charge in [-0.3, -0.25) is 0 Å². The Bertz CT molecular complexity index is 382. The van der Waals surface area contributed by atoms with Gasteiger partial charge in [0.25, 0.3) is 0 Å². The summed E-state index contributed by atoms with van der Waals surface area (Å²) in [4.78, 5) is 0. The molecule has 0 spiro atoms. The van der Waals surface area contributed by atoms with E-state index >= 15 is 0 Å². The van der Waals surface area contributed by atoms with Crippen molar-refractivity contribution in [2.45, 2.75) is 39.3 Å². The summed E-state index contributed by atoms with van der Waals surface area (Å²) in [6.07, 6.45) is 0.0266. The molecule has 102 valence electrons. The van der Waals surface area contributed by atoms with Crippen LogP contribution >= 0.6 is 0 Å². The molecule has 0 radical (unpaired) electrons. The standard InChI is InChI=1S/C14H21F2NO/c1-9(2)6-10(3)17-8-14(18)12-5-4-11(15)7-13(12)16/h4-5,7,9-10,14,17-18H,6,8H2,1-3H3. The molecular formula is C14H21F2NO. The van der Waals surface area contributed by atoms with E-state index in [2.05, 4.69) is 19.2 Å². The highest BCUT2D eigenvalue weighted by Crippen LogP contribution is 2.17. The van der Waals surface area contributed by atoms with E-state index in [4.69, 9.17) is 0 Å². The van der Waals surface area contributed by atoms with Crippen LogP contribution in [0.15, 0.2) is 18.2 Å². The lowest BCUT2D eigenvalue weighted by molar-refractivity contribution is 0.164. The molecule has 18 heavy (non-hydrogen) atoms. The summed E-state index contributed by atoms with van der Waals surface area (Å²) in [5.74, 6) is -0.780. The van der Waals surface area contributed by atoms with E-state index < -0.39 is 17.7 Å². The third-order valence-corrected chi connectivity index (χ3v) is 2.81. The van der Waals surface area contributed by atoms with Crippen LogP contribution in [-0.2, 0) is 0 Å². The van der Waals surface area contributed by atoms with Gasteiger partial charge in [-0.05, 0) is 25.3 Å². The van der Waals surface area contributed by atoms with Crippen LogP contribution in [0.2, 0.25) is 0 Å². The van der Waals surface area contributed by atoms with Gasteiger partial charge in [0.1, 0.15) is 11.6 Å². The summed E-state index contributed by atoms with van der Waals surface area (Å²) in [5.41, 5.74) is 0.126. The number of aliphatic hydroxyl groups excluding tert-OH is 1. The molecule has 2 unspecified atom stereocenters. The molecule has 1 rings (SSSR count). The highest BCUT2D eigenvalue weighted by atomic mass is 19.1. The Morgan fingerprint density at radius 1 is 1.22 bits per heavy atom. The summed E-state index contributed by atoms with van der Waals surface area (Å²) in [6, 6.07) is 3.47. The lowest BCUT2D eigenvalue weighted by Crippen LogP contribution is -2.31. The van der Waals surface area contributed by atoms with Crippen molar-refractivity contribution in [3.63, 3.8) is 0 Å². The van der Waals surface area contributed by atoms with Crippen molar-refractivity contribution >= 4 is 0 Å². The van der Waals surface area contributed by atoms with Crippen molar-refractivity contribution in [3.8, 4) is 0 Å². The number of aliphatic hydroxyl groups is 1. The van der Waals surface area contributed by atoms with E-state index in [-0.39, 0.29) is 18.2 Å². The fourth-order valence-corrected chi connectivity index (χ4v) is 1.98.